The molecule has 0 aromatic carbocycles. The minimum atomic E-state index is -0.714. The van der Waals surface area contributed by atoms with Gasteiger partial charge in [-0.05, 0) is 0 Å². The molecule has 0 aliphatic carbocycles. The first-order chi connectivity index (χ1) is 5.86. The Bertz CT molecular complexity index is 149. The standard InChI is InChI=1S/C8H12O4/c1-2-3-10-7-5-11-8(4-9)12-6-7/h2,4,7-8H,1,3,5-6H2. The highest BCUT2D eigenvalue weighted by molar-refractivity contribution is 5.53. The largest absolute Gasteiger partial charge is 0.369 e. The Kier molecular flexibility index (Phi) is 3.93. The fourth-order valence-electron chi connectivity index (χ4n) is 0.879. The molecular formula is C8H12O4. The zero-order valence-corrected chi connectivity index (χ0v) is 6.77. The molecule has 1 rings (SSSR count). The van der Waals surface area contributed by atoms with Crippen molar-refractivity contribution in [2.24, 2.45) is 0 Å². The Morgan fingerprint density at radius 2 is 2.17 bits per heavy atom. The lowest BCUT2D eigenvalue weighted by Crippen LogP contribution is -2.38. The van der Waals surface area contributed by atoms with Gasteiger partial charge in [0.25, 0.3) is 0 Å². The van der Waals surface area contributed by atoms with Crippen LogP contribution in [0.4, 0.5) is 0 Å². The molecule has 0 atom stereocenters. The van der Waals surface area contributed by atoms with Crippen LogP contribution in [0.5, 0.6) is 0 Å². The van der Waals surface area contributed by atoms with Gasteiger partial charge in [0, 0.05) is 0 Å². The zero-order chi connectivity index (χ0) is 8.81. The molecule has 0 saturated carbocycles. The third-order valence-electron chi connectivity index (χ3n) is 1.45. The lowest BCUT2D eigenvalue weighted by Gasteiger charge is -2.25. The Morgan fingerprint density at radius 3 is 2.67 bits per heavy atom. The van der Waals surface area contributed by atoms with Gasteiger partial charge in [-0.25, -0.2) is 0 Å². The third-order valence-corrected chi connectivity index (χ3v) is 1.45. The third kappa shape index (κ3) is 2.73. The van der Waals surface area contributed by atoms with Gasteiger partial charge in [-0.3, -0.25) is 4.79 Å². The molecule has 1 fully saturated rings. The molecule has 1 aliphatic rings. The normalized spacial score (nSPS) is 29.7. The molecule has 0 radical (unpaired) electrons. The van der Waals surface area contributed by atoms with Crippen molar-refractivity contribution in [1.29, 1.82) is 0 Å². The lowest BCUT2D eigenvalue weighted by atomic mass is 10.4. The van der Waals surface area contributed by atoms with Crippen molar-refractivity contribution in [2.45, 2.75) is 12.4 Å². The Labute approximate surface area is 71.1 Å². The molecule has 0 aromatic heterocycles. The first-order valence-corrected chi connectivity index (χ1v) is 3.78. The van der Waals surface area contributed by atoms with Crippen LogP contribution in [0.3, 0.4) is 0 Å². The van der Waals surface area contributed by atoms with Gasteiger partial charge in [0.05, 0.1) is 19.8 Å². The van der Waals surface area contributed by atoms with E-state index in [0.717, 1.165) is 0 Å². The zero-order valence-electron chi connectivity index (χ0n) is 6.77. The van der Waals surface area contributed by atoms with Gasteiger partial charge in [-0.1, -0.05) is 6.08 Å². The van der Waals surface area contributed by atoms with Crippen LogP contribution >= 0.6 is 0 Å². The second-order valence-electron chi connectivity index (χ2n) is 2.42. The van der Waals surface area contributed by atoms with Crippen molar-refractivity contribution in [3.8, 4) is 0 Å². The maximum atomic E-state index is 10.2. The number of rotatable bonds is 4. The van der Waals surface area contributed by atoms with Gasteiger partial charge in [0.1, 0.15) is 6.10 Å². The van der Waals surface area contributed by atoms with Crippen LogP contribution in [0.25, 0.3) is 0 Å². The average Bonchev–Trinajstić information content (AvgIpc) is 2.15. The minimum absolute atomic E-state index is 0.0841. The van der Waals surface area contributed by atoms with Crippen LogP contribution in [0.15, 0.2) is 12.7 Å². The molecule has 0 N–H and O–H groups in total. The SMILES string of the molecule is C=CCOC1COC(C=O)OC1. The Hall–Kier alpha value is -0.710. The molecule has 0 bridgehead atoms. The lowest BCUT2D eigenvalue weighted by molar-refractivity contribution is -0.213. The smallest absolute Gasteiger partial charge is 0.214 e. The van der Waals surface area contributed by atoms with E-state index in [1.807, 2.05) is 0 Å². The van der Waals surface area contributed by atoms with E-state index in [2.05, 4.69) is 6.58 Å². The van der Waals surface area contributed by atoms with Crippen LogP contribution in [0.1, 0.15) is 0 Å². The van der Waals surface area contributed by atoms with Crippen molar-refractivity contribution in [2.75, 3.05) is 19.8 Å². The molecule has 12 heavy (non-hydrogen) atoms. The van der Waals surface area contributed by atoms with Gasteiger partial charge >= 0.3 is 0 Å². The van der Waals surface area contributed by atoms with Gasteiger partial charge < -0.3 is 14.2 Å². The molecule has 0 spiro atoms. The average molecular weight is 172 g/mol. The maximum absolute atomic E-state index is 10.2. The molecule has 4 heteroatoms. The number of carbonyl (C=O) groups is 1. The highest BCUT2D eigenvalue weighted by Crippen LogP contribution is 2.06. The summed E-state index contributed by atoms with van der Waals surface area (Å²) < 4.78 is 15.2. The molecule has 68 valence electrons. The van der Waals surface area contributed by atoms with Gasteiger partial charge in [0.15, 0.2) is 6.29 Å². The number of ether oxygens (including phenoxy) is 3. The Balaban J connectivity index is 2.16. The fraction of sp³-hybridized carbons (Fsp3) is 0.625. The summed E-state index contributed by atoms with van der Waals surface area (Å²) in [6.45, 7) is 4.79. The summed E-state index contributed by atoms with van der Waals surface area (Å²) in [6.07, 6.45) is 1.49. The van der Waals surface area contributed by atoms with Crippen LogP contribution in [0.2, 0.25) is 0 Å². The van der Waals surface area contributed by atoms with E-state index in [1.54, 1.807) is 6.08 Å². The predicted molar refractivity (Wildman–Crippen MR) is 41.7 cm³/mol. The molecular weight excluding hydrogens is 160 g/mol. The first kappa shape index (κ1) is 9.38. The molecule has 1 aliphatic heterocycles. The monoisotopic (exact) mass is 172 g/mol. The van der Waals surface area contributed by atoms with Crippen molar-refractivity contribution in [3.05, 3.63) is 12.7 Å². The summed E-state index contributed by atoms with van der Waals surface area (Å²) in [6, 6.07) is 0. The van der Waals surface area contributed by atoms with Crippen LogP contribution in [0, 0.1) is 0 Å². The quantitative estimate of drug-likeness (QED) is 0.446. The van der Waals surface area contributed by atoms with Crippen molar-refractivity contribution in [3.63, 3.8) is 0 Å². The van der Waals surface area contributed by atoms with Crippen LogP contribution in [-0.4, -0.2) is 38.5 Å². The van der Waals surface area contributed by atoms with E-state index >= 15 is 0 Å². The molecule has 1 heterocycles. The van der Waals surface area contributed by atoms with E-state index in [4.69, 9.17) is 14.2 Å². The van der Waals surface area contributed by atoms with Crippen molar-refractivity contribution < 1.29 is 19.0 Å². The summed E-state index contributed by atoms with van der Waals surface area (Å²) in [5, 5.41) is 0. The van der Waals surface area contributed by atoms with Crippen LogP contribution < -0.4 is 0 Å². The maximum Gasteiger partial charge on any atom is 0.214 e. The Morgan fingerprint density at radius 1 is 1.50 bits per heavy atom. The number of aldehydes is 1. The molecule has 0 aromatic rings. The molecule has 0 unspecified atom stereocenters. The van der Waals surface area contributed by atoms with Gasteiger partial charge in [0.2, 0.25) is 6.29 Å². The summed E-state index contributed by atoms with van der Waals surface area (Å²) in [7, 11) is 0. The molecule has 4 nitrogen and oxygen atoms in total. The van der Waals surface area contributed by atoms with Crippen molar-refractivity contribution in [1.82, 2.24) is 0 Å². The van der Waals surface area contributed by atoms with E-state index in [-0.39, 0.29) is 6.10 Å². The summed E-state index contributed by atoms with van der Waals surface area (Å²) >= 11 is 0. The van der Waals surface area contributed by atoms with E-state index in [0.29, 0.717) is 26.1 Å². The van der Waals surface area contributed by atoms with Crippen molar-refractivity contribution >= 4 is 6.29 Å². The van der Waals surface area contributed by atoms with Gasteiger partial charge in [-0.15, -0.1) is 6.58 Å². The summed E-state index contributed by atoms with van der Waals surface area (Å²) in [5.74, 6) is 0. The summed E-state index contributed by atoms with van der Waals surface area (Å²) in [4.78, 5) is 10.2. The van der Waals surface area contributed by atoms with Gasteiger partial charge in [-0.2, -0.15) is 0 Å². The summed E-state index contributed by atoms with van der Waals surface area (Å²) in [5.41, 5.74) is 0. The second-order valence-corrected chi connectivity index (χ2v) is 2.42. The van der Waals surface area contributed by atoms with E-state index in [9.17, 15) is 4.79 Å². The number of hydrogen-bond acceptors (Lipinski definition) is 4. The van der Waals surface area contributed by atoms with E-state index in [1.165, 1.54) is 0 Å². The molecule has 1 saturated heterocycles. The topological polar surface area (TPSA) is 44.8 Å². The second kappa shape index (κ2) is 5.03. The minimum Gasteiger partial charge on any atom is -0.369 e. The number of carbonyl (C=O) groups excluding carboxylic acids is 1. The fourth-order valence-corrected chi connectivity index (χ4v) is 0.879. The highest BCUT2D eigenvalue weighted by atomic mass is 16.7. The molecule has 0 amide bonds. The highest BCUT2D eigenvalue weighted by Gasteiger charge is 2.21. The van der Waals surface area contributed by atoms with E-state index < -0.39 is 6.29 Å². The predicted octanol–water partition coefficient (Wildman–Crippen LogP) is 0.129. The van der Waals surface area contributed by atoms with Crippen LogP contribution in [-0.2, 0) is 19.0 Å². The number of hydrogen-bond donors (Lipinski definition) is 0. The first-order valence-electron chi connectivity index (χ1n) is 3.78.